The molecule has 1 atom stereocenters. The molecule has 0 spiro atoms. The van der Waals surface area contributed by atoms with Crippen molar-refractivity contribution in [1.82, 2.24) is 20.1 Å². The normalized spacial score (nSPS) is 20.0. The van der Waals surface area contributed by atoms with Crippen molar-refractivity contribution < 1.29 is 4.74 Å². The fraction of sp³-hybridized carbons (Fsp3) is 0.440. The molecule has 6 nitrogen and oxygen atoms in total. The molecule has 1 N–H and O–H groups in total. The molecular formula is C25H33N5O. The lowest BCUT2D eigenvalue weighted by Crippen LogP contribution is -2.50. The predicted molar refractivity (Wildman–Crippen MR) is 126 cm³/mol. The molecule has 3 heterocycles. The Morgan fingerprint density at radius 2 is 1.81 bits per heavy atom. The van der Waals surface area contributed by atoms with Crippen LogP contribution in [-0.2, 0) is 0 Å². The molecule has 1 aromatic carbocycles. The Balaban J connectivity index is 1.61. The van der Waals surface area contributed by atoms with Crippen LogP contribution in [0.5, 0.6) is 5.75 Å². The van der Waals surface area contributed by atoms with Gasteiger partial charge in [0, 0.05) is 56.9 Å². The summed E-state index contributed by atoms with van der Waals surface area (Å²) in [7, 11) is 1.70. The number of piperazine rings is 1. The number of methoxy groups -OCH3 is 1. The predicted octanol–water partition coefficient (Wildman–Crippen LogP) is 3.80. The molecule has 0 bridgehead atoms. The Morgan fingerprint density at radius 1 is 1.06 bits per heavy atom. The molecule has 1 saturated heterocycles. The summed E-state index contributed by atoms with van der Waals surface area (Å²) in [5.41, 5.74) is 3.64. The highest BCUT2D eigenvalue weighted by atomic mass is 16.5. The van der Waals surface area contributed by atoms with Crippen molar-refractivity contribution in [1.29, 1.82) is 0 Å². The first-order valence-corrected chi connectivity index (χ1v) is 11.0. The van der Waals surface area contributed by atoms with Crippen LogP contribution in [-0.4, -0.2) is 60.8 Å². The van der Waals surface area contributed by atoms with E-state index < -0.39 is 0 Å². The van der Waals surface area contributed by atoms with Crippen LogP contribution in [0.1, 0.15) is 38.1 Å². The standard InChI is InChI=1S/C25H33N5O/c1-25(2,3)18-29-12-14-30(15-13-29)24-22(20-6-5-7-21(16-20)31-4)17-27-23(28-24)19-8-10-26-11-9-19/h5-11,16-17,23,28H,12-15,18H2,1-4H3. The van der Waals surface area contributed by atoms with E-state index in [1.807, 2.05) is 42.9 Å². The largest absolute Gasteiger partial charge is 0.497 e. The van der Waals surface area contributed by atoms with E-state index >= 15 is 0 Å². The summed E-state index contributed by atoms with van der Waals surface area (Å²) in [4.78, 5) is 14.0. The summed E-state index contributed by atoms with van der Waals surface area (Å²) < 4.78 is 5.46. The zero-order valence-corrected chi connectivity index (χ0v) is 19.0. The van der Waals surface area contributed by atoms with Crippen molar-refractivity contribution >= 4 is 11.8 Å². The van der Waals surface area contributed by atoms with Gasteiger partial charge in [-0.05, 0) is 40.8 Å². The van der Waals surface area contributed by atoms with E-state index in [0.29, 0.717) is 5.41 Å². The highest BCUT2D eigenvalue weighted by molar-refractivity contribution is 6.11. The molecule has 1 unspecified atom stereocenters. The van der Waals surface area contributed by atoms with Gasteiger partial charge in [0.05, 0.1) is 7.11 Å². The average molecular weight is 420 g/mol. The quantitative estimate of drug-likeness (QED) is 0.799. The van der Waals surface area contributed by atoms with Gasteiger partial charge < -0.3 is 15.0 Å². The molecule has 31 heavy (non-hydrogen) atoms. The molecule has 0 saturated carbocycles. The number of nitrogens with zero attached hydrogens (tertiary/aromatic N) is 4. The van der Waals surface area contributed by atoms with E-state index in [0.717, 1.165) is 61.0 Å². The minimum Gasteiger partial charge on any atom is -0.497 e. The molecule has 2 aliphatic rings. The third-order valence-electron chi connectivity index (χ3n) is 5.67. The average Bonchev–Trinajstić information content (AvgIpc) is 2.79. The Kier molecular flexibility index (Phi) is 6.28. The number of benzene rings is 1. The Morgan fingerprint density at radius 3 is 2.48 bits per heavy atom. The minimum absolute atomic E-state index is 0.111. The number of ether oxygens (including phenoxy) is 1. The molecule has 2 aromatic rings. The second-order valence-corrected chi connectivity index (χ2v) is 9.42. The number of hydrogen-bond donors (Lipinski definition) is 1. The van der Waals surface area contributed by atoms with Gasteiger partial charge in [0.25, 0.3) is 0 Å². The van der Waals surface area contributed by atoms with Crippen LogP contribution < -0.4 is 10.1 Å². The molecule has 2 aliphatic heterocycles. The zero-order valence-electron chi connectivity index (χ0n) is 19.0. The van der Waals surface area contributed by atoms with Crippen LogP contribution in [0.4, 0.5) is 0 Å². The summed E-state index contributed by atoms with van der Waals surface area (Å²) in [5.74, 6) is 1.99. The molecule has 6 heteroatoms. The van der Waals surface area contributed by atoms with Crippen molar-refractivity contribution in [2.24, 2.45) is 10.4 Å². The maximum Gasteiger partial charge on any atom is 0.145 e. The van der Waals surface area contributed by atoms with E-state index in [2.05, 4.69) is 53.0 Å². The van der Waals surface area contributed by atoms with Crippen LogP contribution in [0.15, 0.2) is 59.6 Å². The second-order valence-electron chi connectivity index (χ2n) is 9.42. The topological polar surface area (TPSA) is 53.0 Å². The maximum absolute atomic E-state index is 5.46. The first-order valence-electron chi connectivity index (χ1n) is 11.0. The van der Waals surface area contributed by atoms with Crippen molar-refractivity contribution in [3.8, 4) is 5.75 Å². The molecule has 0 radical (unpaired) electrons. The van der Waals surface area contributed by atoms with E-state index in [1.54, 1.807) is 7.11 Å². The highest BCUT2D eigenvalue weighted by Gasteiger charge is 2.27. The molecule has 0 amide bonds. The third-order valence-corrected chi connectivity index (χ3v) is 5.67. The van der Waals surface area contributed by atoms with E-state index in [-0.39, 0.29) is 6.17 Å². The summed E-state index contributed by atoms with van der Waals surface area (Å²) in [5, 5.41) is 3.71. The number of pyridine rings is 1. The van der Waals surface area contributed by atoms with E-state index in [4.69, 9.17) is 9.73 Å². The minimum atomic E-state index is -0.111. The van der Waals surface area contributed by atoms with Crippen LogP contribution >= 0.6 is 0 Å². The van der Waals surface area contributed by atoms with Crippen LogP contribution in [0.25, 0.3) is 5.57 Å². The summed E-state index contributed by atoms with van der Waals surface area (Å²) >= 11 is 0. The van der Waals surface area contributed by atoms with Crippen molar-refractivity contribution in [3.63, 3.8) is 0 Å². The number of aromatic nitrogens is 1. The fourth-order valence-corrected chi connectivity index (χ4v) is 4.23. The molecule has 1 fully saturated rings. The van der Waals surface area contributed by atoms with Crippen LogP contribution in [0, 0.1) is 5.41 Å². The second kappa shape index (κ2) is 9.10. The van der Waals surface area contributed by atoms with Crippen molar-refractivity contribution in [2.75, 3.05) is 39.8 Å². The Labute approximate surface area is 185 Å². The van der Waals surface area contributed by atoms with Crippen LogP contribution in [0.3, 0.4) is 0 Å². The molecule has 4 rings (SSSR count). The van der Waals surface area contributed by atoms with Gasteiger partial charge in [-0.1, -0.05) is 32.9 Å². The lowest BCUT2D eigenvalue weighted by Gasteiger charge is -2.41. The third kappa shape index (κ3) is 5.25. The van der Waals surface area contributed by atoms with E-state index in [1.165, 1.54) is 0 Å². The summed E-state index contributed by atoms with van der Waals surface area (Å²) in [6.45, 7) is 12.1. The fourth-order valence-electron chi connectivity index (χ4n) is 4.23. The summed E-state index contributed by atoms with van der Waals surface area (Å²) in [6, 6.07) is 12.2. The van der Waals surface area contributed by atoms with E-state index in [9.17, 15) is 0 Å². The first-order chi connectivity index (χ1) is 14.9. The number of aliphatic imine (C=N–C) groups is 1. The number of hydrogen-bond acceptors (Lipinski definition) is 6. The van der Waals surface area contributed by atoms with Gasteiger partial charge in [0.2, 0.25) is 0 Å². The number of allylic oxidation sites excluding steroid dienone is 1. The van der Waals surface area contributed by atoms with Gasteiger partial charge in [0.15, 0.2) is 0 Å². The molecule has 1 aromatic heterocycles. The molecular weight excluding hydrogens is 386 g/mol. The van der Waals surface area contributed by atoms with Gasteiger partial charge in [0.1, 0.15) is 17.7 Å². The molecule has 0 aliphatic carbocycles. The van der Waals surface area contributed by atoms with Crippen LogP contribution in [0.2, 0.25) is 0 Å². The smallest absolute Gasteiger partial charge is 0.145 e. The van der Waals surface area contributed by atoms with Gasteiger partial charge in [-0.15, -0.1) is 0 Å². The maximum atomic E-state index is 5.46. The number of nitrogens with one attached hydrogen (secondary N) is 1. The number of rotatable bonds is 5. The van der Waals surface area contributed by atoms with Gasteiger partial charge in [-0.2, -0.15) is 0 Å². The van der Waals surface area contributed by atoms with Gasteiger partial charge in [-0.3, -0.25) is 14.9 Å². The first kappa shape index (κ1) is 21.4. The SMILES string of the molecule is COc1cccc(C2=C(N3CCN(CC(C)(C)C)CC3)NC(c3ccncc3)N=C2)c1. The van der Waals surface area contributed by atoms with Crippen molar-refractivity contribution in [3.05, 3.63) is 65.7 Å². The monoisotopic (exact) mass is 419 g/mol. The lowest BCUT2D eigenvalue weighted by molar-refractivity contribution is 0.116. The summed E-state index contributed by atoms with van der Waals surface area (Å²) in [6.07, 6.45) is 5.53. The van der Waals surface area contributed by atoms with Gasteiger partial charge in [-0.25, -0.2) is 0 Å². The van der Waals surface area contributed by atoms with Gasteiger partial charge >= 0.3 is 0 Å². The molecule has 164 valence electrons. The highest BCUT2D eigenvalue weighted by Crippen LogP contribution is 2.29. The zero-order chi connectivity index (χ0) is 21.8. The lowest BCUT2D eigenvalue weighted by atomic mass is 9.95. The Hall–Kier alpha value is -2.86. The Bertz CT molecular complexity index is 940. The van der Waals surface area contributed by atoms with Crippen molar-refractivity contribution in [2.45, 2.75) is 26.9 Å².